The van der Waals surface area contributed by atoms with Crippen molar-refractivity contribution in [3.63, 3.8) is 0 Å². The summed E-state index contributed by atoms with van der Waals surface area (Å²) in [4.78, 5) is 0. The fraction of sp³-hybridized carbons (Fsp3) is 0.500. The predicted octanol–water partition coefficient (Wildman–Crippen LogP) is 1.01. The number of fused-ring (bicyclic) bond motifs is 1. The second kappa shape index (κ2) is 5.26. The maximum Gasteiger partial charge on any atom is 0.301 e. The van der Waals surface area contributed by atoms with Gasteiger partial charge in [0.2, 0.25) is 0 Å². The van der Waals surface area contributed by atoms with Gasteiger partial charge in [0, 0.05) is 19.6 Å². The molecule has 1 unspecified atom stereocenters. The minimum atomic E-state index is -3.43. The van der Waals surface area contributed by atoms with Crippen LogP contribution in [0.2, 0.25) is 0 Å². The van der Waals surface area contributed by atoms with Gasteiger partial charge in [0.25, 0.3) is 0 Å². The van der Waals surface area contributed by atoms with E-state index in [0.717, 1.165) is 24.1 Å². The Bertz CT molecular complexity index is 516. The molecule has 100 valence electrons. The first kappa shape index (κ1) is 13.3. The molecule has 1 aliphatic rings. The lowest BCUT2D eigenvalue weighted by atomic mass is 10.0. The van der Waals surface area contributed by atoms with Gasteiger partial charge in [-0.2, -0.15) is 8.42 Å². The molecule has 0 saturated heterocycles. The molecule has 1 aromatic rings. The van der Waals surface area contributed by atoms with Crippen molar-refractivity contribution in [1.82, 2.24) is 10.0 Å². The van der Waals surface area contributed by atoms with Crippen molar-refractivity contribution in [1.29, 1.82) is 0 Å². The Morgan fingerprint density at radius 1 is 1.28 bits per heavy atom. The van der Waals surface area contributed by atoms with Crippen molar-refractivity contribution in [3.05, 3.63) is 29.8 Å². The summed E-state index contributed by atoms with van der Waals surface area (Å²) in [5.74, 6) is 0. The molecule has 1 aliphatic heterocycles. The van der Waals surface area contributed by atoms with Crippen LogP contribution in [0, 0.1) is 0 Å². The highest BCUT2D eigenvalue weighted by molar-refractivity contribution is 7.90. The molecule has 1 atom stereocenters. The summed E-state index contributed by atoms with van der Waals surface area (Å²) in [5.41, 5.74) is 1.81. The summed E-state index contributed by atoms with van der Waals surface area (Å²) in [6.07, 6.45) is 1.77. The average molecular weight is 269 g/mol. The third-order valence-corrected chi connectivity index (χ3v) is 4.81. The summed E-state index contributed by atoms with van der Waals surface area (Å²) in [5, 5.41) is 3.25. The molecular formula is C12H19N3O2S. The number of anilines is 1. The van der Waals surface area contributed by atoms with Gasteiger partial charge in [-0.1, -0.05) is 18.2 Å². The van der Waals surface area contributed by atoms with E-state index in [-0.39, 0.29) is 6.04 Å². The van der Waals surface area contributed by atoms with E-state index in [2.05, 4.69) is 10.0 Å². The van der Waals surface area contributed by atoms with E-state index in [1.807, 2.05) is 31.3 Å². The molecule has 1 aromatic carbocycles. The SMILES string of the molecule is CNC1CCCN(S(=O)(=O)NC)c2ccccc21. The fourth-order valence-corrected chi connectivity index (χ4v) is 3.40. The lowest BCUT2D eigenvalue weighted by Gasteiger charge is -2.24. The van der Waals surface area contributed by atoms with Gasteiger partial charge < -0.3 is 5.32 Å². The largest absolute Gasteiger partial charge is 0.313 e. The first-order chi connectivity index (χ1) is 8.60. The summed E-state index contributed by atoms with van der Waals surface area (Å²) in [6.45, 7) is 0.512. The van der Waals surface area contributed by atoms with Crippen LogP contribution in [0.3, 0.4) is 0 Å². The van der Waals surface area contributed by atoms with Gasteiger partial charge in [0.15, 0.2) is 0 Å². The molecule has 0 saturated carbocycles. The van der Waals surface area contributed by atoms with Crippen LogP contribution in [0.15, 0.2) is 24.3 Å². The molecule has 2 N–H and O–H groups in total. The molecule has 1 heterocycles. The number of nitrogens with zero attached hydrogens (tertiary/aromatic N) is 1. The lowest BCUT2D eigenvalue weighted by molar-refractivity contribution is 0.542. The van der Waals surface area contributed by atoms with E-state index in [0.29, 0.717) is 6.54 Å². The Kier molecular flexibility index (Phi) is 3.89. The van der Waals surface area contributed by atoms with Crippen molar-refractivity contribution in [2.45, 2.75) is 18.9 Å². The van der Waals surface area contributed by atoms with E-state index in [4.69, 9.17) is 0 Å². The highest BCUT2D eigenvalue weighted by atomic mass is 32.2. The van der Waals surface area contributed by atoms with Crippen molar-refractivity contribution in [2.75, 3.05) is 24.9 Å². The third kappa shape index (κ3) is 2.36. The standard InChI is InChI=1S/C12H19N3O2S/c1-13-11-7-5-9-15(18(16,17)14-2)12-8-4-3-6-10(11)12/h3-4,6,8,11,13-14H,5,7,9H2,1-2H3. The van der Waals surface area contributed by atoms with Crippen LogP contribution in [0.4, 0.5) is 5.69 Å². The van der Waals surface area contributed by atoms with Crippen LogP contribution in [0.25, 0.3) is 0 Å². The Labute approximate surface area is 108 Å². The quantitative estimate of drug-likeness (QED) is 0.861. The van der Waals surface area contributed by atoms with Crippen molar-refractivity contribution >= 4 is 15.9 Å². The number of hydrogen-bond donors (Lipinski definition) is 2. The minimum absolute atomic E-state index is 0.207. The van der Waals surface area contributed by atoms with Crippen molar-refractivity contribution in [2.24, 2.45) is 0 Å². The molecule has 0 spiro atoms. The van der Waals surface area contributed by atoms with E-state index < -0.39 is 10.2 Å². The first-order valence-corrected chi connectivity index (χ1v) is 7.51. The first-order valence-electron chi connectivity index (χ1n) is 6.07. The molecule has 5 nitrogen and oxygen atoms in total. The third-order valence-electron chi connectivity index (χ3n) is 3.33. The Morgan fingerprint density at radius 3 is 2.67 bits per heavy atom. The van der Waals surface area contributed by atoms with Crippen LogP contribution >= 0.6 is 0 Å². The van der Waals surface area contributed by atoms with E-state index in [1.165, 1.54) is 11.4 Å². The zero-order valence-electron chi connectivity index (χ0n) is 10.7. The summed E-state index contributed by atoms with van der Waals surface area (Å²) >= 11 is 0. The van der Waals surface area contributed by atoms with Crippen LogP contribution in [0.5, 0.6) is 0 Å². The zero-order chi connectivity index (χ0) is 13.2. The number of para-hydroxylation sites is 1. The van der Waals surface area contributed by atoms with Gasteiger partial charge in [-0.05, 0) is 31.5 Å². The molecule has 0 aliphatic carbocycles. The Balaban J connectivity index is 2.52. The predicted molar refractivity (Wildman–Crippen MR) is 72.8 cm³/mol. The summed E-state index contributed by atoms with van der Waals surface area (Å²) in [6, 6.07) is 7.87. The van der Waals surface area contributed by atoms with Crippen LogP contribution < -0.4 is 14.3 Å². The van der Waals surface area contributed by atoms with E-state index >= 15 is 0 Å². The molecule has 18 heavy (non-hydrogen) atoms. The van der Waals surface area contributed by atoms with Gasteiger partial charge in [-0.3, -0.25) is 4.31 Å². The summed E-state index contributed by atoms with van der Waals surface area (Å²) < 4.78 is 28.0. The molecule has 0 aromatic heterocycles. The molecular weight excluding hydrogens is 250 g/mol. The molecule has 6 heteroatoms. The van der Waals surface area contributed by atoms with Gasteiger partial charge >= 0.3 is 10.2 Å². The molecule has 0 fully saturated rings. The number of nitrogens with one attached hydrogen (secondary N) is 2. The minimum Gasteiger partial charge on any atom is -0.313 e. The van der Waals surface area contributed by atoms with Crippen molar-refractivity contribution in [3.8, 4) is 0 Å². The van der Waals surface area contributed by atoms with Crippen LogP contribution in [-0.4, -0.2) is 29.1 Å². The number of rotatable bonds is 3. The fourth-order valence-electron chi connectivity index (χ4n) is 2.38. The number of benzene rings is 1. The van der Waals surface area contributed by atoms with Crippen LogP contribution in [-0.2, 0) is 10.2 Å². The van der Waals surface area contributed by atoms with Gasteiger partial charge in [-0.15, -0.1) is 0 Å². The second-order valence-electron chi connectivity index (χ2n) is 4.32. The van der Waals surface area contributed by atoms with Gasteiger partial charge in [0.05, 0.1) is 5.69 Å². The smallest absolute Gasteiger partial charge is 0.301 e. The second-order valence-corrected chi connectivity index (χ2v) is 6.12. The van der Waals surface area contributed by atoms with E-state index in [1.54, 1.807) is 0 Å². The topological polar surface area (TPSA) is 61.4 Å². The zero-order valence-corrected chi connectivity index (χ0v) is 11.5. The molecule has 0 amide bonds. The highest BCUT2D eigenvalue weighted by Crippen LogP contribution is 2.33. The normalized spacial score (nSPS) is 20.3. The Morgan fingerprint density at radius 2 is 2.00 bits per heavy atom. The average Bonchev–Trinajstić information content (AvgIpc) is 2.58. The maximum absolute atomic E-state index is 12.1. The van der Waals surface area contributed by atoms with Gasteiger partial charge in [-0.25, -0.2) is 4.72 Å². The molecule has 0 bridgehead atoms. The maximum atomic E-state index is 12.1. The monoisotopic (exact) mass is 269 g/mol. The molecule has 2 rings (SSSR count). The van der Waals surface area contributed by atoms with E-state index in [9.17, 15) is 8.42 Å². The van der Waals surface area contributed by atoms with Crippen molar-refractivity contribution < 1.29 is 8.42 Å². The number of hydrogen-bond acceptors (Lipinski definition) is 3. The lowest BCUT2D eigenvalue weighted by Crippen LogP contribution is -2.39. The van der Waals surface area contributed by atoms with Gasteiger partial charge in [0.1, 0.15) is 0 Å². The summed E-state index contributed by atoms with van der Waals surface area (Å²) in [7, 11) is -0.0848. The Hall–Kier alpha value is -1.11. The van der Waals surface area contributed by atoms with Crippen LogP contribution in [0.1, 0.15) is 24.4 Å². The highest BCUT2D eigenvalue weighted by Gasteiger charge is 2.28. The molecule has 0 radical (unpaired) electrons.